The molecule has 0 atom stereocenters. The van der Waals surface area contributed by atoms with Crippen molar-refractivity contribution in [2.45, 2.75) is 39.2 Å². The number of benzene rings is 1. The van der Waals surface area contributed by atoms with E-state index in [1.165, 1.54) is 9.47 Å². The molecule has 0 radical (unpaired) electrons. The summed E-state index contributed by atoms with van der Waals surface area (Å²) in [5.41, 5.74) is 0.669. The van der Waals surface area contributed by atoms with Crippen molar-refractivity contribution in [1.82, 2.24) is 9.47 Å². The molecule has 1 aliphatic heterocycles. The minimum absolute atomic E-state index is 0.0556. The van der Waals surface area contributed by atoms with Gasteiger partial charge in [-0.15, -0.1) is 10.2 Å². The lowest BCUT2D eigenvalue weighted by molar-refractivity contribution is -0.143. The molecule has 3 rings (SSSR count). The van der Waals surface area contributed by atoms with Crippen molar-refractivity contribution in [1.29, 1.82) is 0 Å². The third-order valence-corrected chi connectivity index (χ3v) is 4.77. The topological polar surface area (TPSA) is 114 Å². The lowest BCUT2D eigenvalue weighted by Crippen LogP contribution is -2.34. The zero-order chi connectivity index (χ0) is 20.8. The smallest absolute Gasteiger partial charge is 0.326 e. The Hall–Kier alpha value is -3.23. The van der Waals surface area contributed by atoms with E-state index in [-0.39, 0.29) is 37.2 Å². The number of ether oxygens (including phenoxy) is 1. The predicted octanol–water partition coefficient (Wildman–Crippen LogP) is 2.92. The molecule has 0 unspecified atom stereocenters. The number of aromatic nitrogens is 1. The second kappa shape index (κ2) is 9.31. The maximum Gasteiger partial charge on any atom is 0.326 e. The Bertz CT molecular complexity index is 950. The van der Waals surface area contributed by atoms with Gasteiger partial charge in [0.2, 0.25) is 11.8 Å². The first-order chi connectivity index (χ1) is 14.0. The van der Waals surface area contributed by atoms with Gasteiger partial charge < -0.3 is 14.7 Å². The van der Waals surface area contributed by atoms with Crippen LogP contribution in [-0.4, -0.2) is 52.1 Å². The minimum atomic E-state index is -0.568. The van der Waals surface area contributed by atoms with Crippen molar-refractivity contribution >= 4 is 34.4 Å². The third-order valence-electron chi connectivity index (χ3n) is 4.77. The molecule has 154 valence electrons. The van der Waals surface area contributed by atoms with Gasteiger partial charge >= 0.3 is 5.97 Å². The molecule has 0 spiro atoms. The fraction of sp³-hybridized carbons (Fsp3) is 0.450. The maximum atomic E-state index is 12.2. The van der Waals surface area contributed by atoms with Gasteiger partial charge in [-0.1, -0.05) is 24.6 Å². The summed E-state index contributed by atoms with van der Waals surface area (Å²) >= 11 is 0. The van der Waals surface area contributed by atoms with E-state index in [2.05, 4.69) is 10.2 Å². The second-order valence-electron chi connectivity index (χ2n) is 6.80. The molecule has 0 saturated carbocycles. The van der Waals surface area contributed by atoms with Crippen LogP contribution >= 0.6 is 0 Å². The quantitative estimate of drug-likeness (QED) is 0.592. The molecule has 29 heavy (non-hydrogen) atoms. The molecule has 1 saturated heterocycles. The summed E-state index contributed by atoms with van der Waals surface area (Å²) in [6.07, 6.45) is 3.09. The number of hydrogen-bond acceptors (Lipinski definition) is 6. The van der Waals surface area contributed by atoms with Crippen molar-refractivity contribution in [3.05, 3.63) is 24.3 Å². The molecule has 1 aliphatic rings. The number of carbonyl (C=O) groups is 3. The van der Waals surface area contributed by atoms with Crippen LogP contribution in [0.15, 0.2) is 34.5 Å². The van der Waals surface area contributed by atoms with E-state index < -0.39 is 11.9 Å². The zero-order valence-corrected chi connectivity index (χ0v) is 16.3. The Balaban J connectivity index is 1.82. The second-order valence-corrected chi connectivity index (χ2v) is 6.80. The van der Waals surface area contributed by atoms with E-state index in [1.54, 1.807) is 31.2 Å². The van der Waals surface area contributed by atoms with Gasteiger partial charge in [0.15, 0.2) is 5.69 Å². The van der Waals surface area contributed by atoms with Crippen LogP contribution in [0.2, 0.25) is 0 Å². The molecule has 9 heteroatoms. The molecular weight excluding hydrogens is 376 g/mol. The number of nitrogens with zero attached hydrogens (tertiary/aromatic N) is 4. The molecule has 9 nitrogen and oxygen atoms in total. The first-order valence-corrected chi connectivity index (χ1v) is 9.69. The van der Waals surface area contributed by atoms with Crippen molar-refractivity contribution in [3.63, 3.8) is 0 Å². The summed E-state index contributed by atoms with van der Waals surface area (Å²) in [6, 6.07) is 6.96. The minimum Gasteiger partial charge on any atom is -0.493 e. The average Bonchev–Trinajstić information content (AvgIpc) is 2.81. The van der Waals surface area contributed by atoms with E-state index >= 15 is 0 Å². The highest BCUT2D eigenvalue weighted by molar-refractivity contribution is 5.96. The van der Waals surface area contributed by atoms with Crippen LogP contribution in [0.25, 0.3) is 10.9 Å². The van der Waals surface area contributed by atoms with E-state index in [0.717, 1.165) is 19.3 Å². The Morgan fingerprint density at radius 3 is 2.76 bits per heavy atom. The van der Waals surface area contributed by atoms with Crippen LogP contribution in [0.3, 0.4) is 0 Å². The fourth-order valence-electron chi connectivity index (χ4n) is 3.37. The van der Waals surface area contributed by atoms with Crippen molar-refractivity contribution in [2.24, 2.45) is 10.2 Å². The summed E-state index contributed by atoms with van der Waals surface area (Å²) in [5.74, 6) is -1.40. The summed E-state index contributed by atoms with van der Waals surface area (Å²) in [6.45, 7) is 2.14. The predicted molar refractivity (Wildman–Crippen MR) is 105 cm³/mol. The van der Waals surface area contributed by atoms with Crippen LogP contribution in [-0.2, 0) is 25.7 Å². The van der Waals surface area contributed by atoms with Gasteiger partial charge in [0, 0.05) is 18.4 Å². The monoisotopic (exact) mass is 400 g/mol. The molecule has 0 aliphatic carbocycles. The van der Waals surface area contributed by atoms with Crippen molar-refractivity contribution < 1.29 is 24.2 Å². The molecule has 2 heterocycles. The highest BCUT2D eigenvalue weighted by atomic mass is 16.5. The van der Waals surface area contributed by atoms with Crippen LogP contribution in [0, 0.1) is 0 Å². The van der Waals surface area contributed by atoms with Gasteiger partial charge in [0.1, 0.15) is 13.1 Å². The van der Waals surface area contributed by atoms with Gasteiger partial charge in [-0.05, 0) is 25.8 Å². The van der Waals surface area contributed by atoms with Crippen molar-refractivity contribution in [3.8, 4) is 5.88 Å². The lowest BCUT2D eigenvalue weighted by Gasteiger charge is -2.17. The van der Waals surface area contributed by atoms with Gasteiger partial charge in [0.05, 0.1) is 12.1 Å². The van der Waals surface area contributed by atoms with E-state index in [0.29, 0.717) is 23.9 Å². The number of fused-ring (bicyclic) bond motifs is 1. The standard InChI is InChI=1S/C20H24N4O5/c1-2-29-18(27)13-24-15-9-6-5-8-14(15)19(20(24)28)22-21-16(25)12-23-11-7-3-4-10-17(23)26/h5-6,8-9,28H,2-4,7,10-13H2,1H3. The number of amides is 2. The highest BCUT2D eigenvalue weighted by Crippen LogP contribution is 2.38. The molecular formula is C20H24N4O5. The maximum absolute atomic E-state index is 12.2. The van der Waals surface area contributed by atoms with Gasteiger partial charge in [-0.3, -0.25) is 19.0 Å². The summed E-state index contributed by atoms with van der Waals surface area (Å²) < 4.78 is 6.31. The molecule has 1 aromatic heterocycles. The summed E-state index contributed by atoms with van der Waals surface area (Å²) in [7, 11) is 0. The summed E-state index contributed by atoms with van der Waals surface area (Å²) in [5, 5.41) is 18.8. The molecule has 2 amide bonds. The van der Waals surface area contributed by atoms with E-state index in [1.807, 2.05) is 0 Å². The average molecular weight is 400 g/mol. The van der Waals surface area contributed by atoms with Crippen LogP contribution < -0.4 is 0 Å². The molecule has 1 fully saturated rings. The van der Waals surface area contributed by atoms with Gasteiger partial charge in [-0.2, -0.15) is 0 Å². The first-order valence-electron chi connectivity index (χ1n) is 9.69. The molecule has 2 aromatic rings. The number of aromatic hydroxyl groups is 1. The van der Waals surface area contributed by atoms with Gasteiger partial charge in [-0.25, -0.2) is 0 Å². The molecule has 0 bridgehead atoms. The van der Waals surface area contributed by atoms with Gasteiger partial charge in [0.25, 0.3) is 5.91 Å². The molecule has 1 N–H and O–H groups in total. The third kappa shape index (κ3) is 4.79. The number of azo groups is 1. The Morgan fingerprint density at radius 1 is 1.17 bits per heavy atom. The Labute approximate surface area is 168 Å². The Morgan fingerprint density at radius 2 is 1.97 bits per heavy atom. The normalized spacial score (nSPS) is 15.1. The number of hydrogen-bond donors (Lipinski definition) is 1. The van der Waals surface area contributed by atoms with Crippen LogP contribution in [0.1, 0.15) is 32.6 Å². The Kier molecular flexibility index (Phi) is 6.58. The number of esters is 1. The first kappa shape index (κ1) is 20.5. The van der Waals surface area contributed by atoms with E-state index in [4.69, 9.17) is 4.74 Å². The number of likely N-dealkylation sites (tertiary alicyclic amines) is 1. The van der Waals surface area contributed by atoms with E-state index in [9.17, 15) is 19.5 Å². The SMILES string of the molecule is CCOC(=O)Cn1c(O)c(N=NC(=O)CN2CCCCCC2=O)c2ccccc21. The lowest BCUT2D eigenvalue weighted by atomic mass is 10.2. The zero-order valence-electron chi connectivity index (χ0n) is 16.3. The number of carbonyl (C=O) groups excluding carboxylic acids is 3. The van der Waals surface area contributed by atoms with Crippen molar-refractivity contribution in [2.75, 3.05) is 19.7 Å². The molecule has 1 aromatic carbocycles. The van der Waals surface area contributed by atoms with Crippen LogP contribution in [0.5, 0.6) is 5.88 Å². The fourth-order valence-corrected chi connectivity index (χ4v) is 3.37. The highest BCUT2D eigenvalue weighted by Gasteiger charge is 2.21. The van der Waals surface area contributed by atoms with Crippen LogP contribution in [0.4, 0.5) is 5.69 Å². The largest absolute Gasteiger partial charge is 0.493 e. The number of para-hydroxylation sites is 1. The summed E-state index contributed by atoms with van der Waals surface area (Å²) in [4.78, 5) is 37.6. The number of rotatable bonds is 6.